The highest BCUT2D eigenvalue weighted by Gasteiger charge is 2.23. The van der Waals surface area contributed by atoms with E-state index in [4.69, 9.17) is 4.74 Å². The minimum Gasteiger partial charge on any atom is -0.381 e. The van der Waals surface area contributed by atoms with E-state index in [1.165, 1.54) is 11.1 Å². The lowest BCUT2D eigenvalue weighted by atomic mass is 9.99. The summed E-state index contributed by atoms with van der Waals surface area (Å²) in [6.07, 6.45) is 6.12. The molecule has 7 nitrogen and oxygen atoms in total. The van der Waals surface area contributed by atoms with Gasteiger partial charge in [0, 0.05) is 32.0 Å². The van der Waals surface area contributed by atoms with Crippen molar-refractivity contribution in [1.82, 2.24) is 20.1 Å². The van der Waals surface area contributed by atoms with Crippen LogP contribution in [0.4, 0.5) is 5.69 Å². The number of amides is 1. The van der Waals surface area contributed by atoms with Gasteiger partial charge in [0.05, 0.1) is 28.9 Å². The van der Waals surface area contributed by atoms with Crippen molar-refractivity contribution in [2.75, 3.05) is 18.5 Å². The van der Waals surface area contributed by atoms with Gasteiger partial charge in [0.2, 0.25) is 0 Å². The van der Waals surface area contributed by atoms with Crippen molar-refractivity contribution in [3.05, 3.63) is 52.8 Å². The lowest BCUT2D eigenvalue weighted by molar-refractivity contribution is 0.0903. The molecule has 0 radical (unpaired) electrons. The Morgan fingerprint density at radius 2 is 1.97 bits per heavy atom. The number of fused-ring (bicyclic) bond motifs is 1. The molecule has 1 saturated heterocycles. The normalized spacial score (nSPS) is 15.6. The second-order valence-corrected chi connectivity index (χ2v) is 8.55. The van der Waals surface area contributed by atoms with E-state index in [1.54, 1.807) is 6.20 Å². The van der Waals surface area contributed by atoms with Crippen LogP contribution >= 0.6 is 0 Å². The smallest absolute Gasteiger partial charge is 0.255 e. The molecule has 1 aliphatic heterocycles. The molecular formula is C25H33N5O2. The second-order valence-electron chi connectivity index (χ2n) is 8.55. The standard InChI is InChI=1S/C25H33N5O2/c1-5-22(18-8-7-16(3)17(4)13-18)29-25(31)21-14-26-24-20(15-27-30(24)6-2)23(21)28-19-9-11-32-12-10-19/h7-8,13-15,19,22H,5-6,9-12H2,1-4H3,(H,26,28)(H,29,31). The molecule has 1 amide bonds. The molecule has 0 aliphatic carbocycles. The lowest BCUT2D eigenvalue weighted by Crippen LogP contribution is -2.32. The number of anilines is 1. The number of nitrogens with one attached hydrogen (secondary N) is 2. The fourth-order valence-electron chi connectivity index (χ4n) is 4.27. The van der Waals surface area contributed by atoms with Gasteiger partial charge in [-0.05, 0) is 56.7 Å². The zero-order chi connectivity index (χ0) is 22.7. The number of ether oxygens (including phenoxy) is 1. The van der Waals surface area contributed by atoms with Crippen LogP contribution in [0.1, 0.15) is 66.2 Å². The zero-order valence-corrected chi connectivity index (χ0v) is 19.4. The fraction of sp³-hybridized carbons (Fsp3) is 0.480. The first-order chi connectivity index (χ1) is 15.5. The molecule has 3 aromatic rings. The molecule has 1 fully saturated rings. The number of aryl methyl sites for hydroxylation is 3. The van der Waals surface area contributed by atoms with Gasteiger partial charge in [-0.15, -0.1) is 0 Å². The topological polar surface area (TPSA) is 81.1 Å². The van der Waals surface area contributed by atoms with Gasteiger partial charge < -0.3 is 15.4 Å². The van der Waals surface area contributed by atoms with Crippen LogP contribution in [-0.2, 0) is 11.3 Å². The number of benzene rings is 1. The van der Waals surface area contributed by atoms with Crippen molar-refractivity contribution < 1.29 is 9.53 Å². The molecule has 3 heterocycles. The van der Waals surface area contributed by atoms with E-state index in [9.17, 15) is 4.79 Å². The van der Waals surface area contributed by atoms with E-state index in [1.807, 2.05) is 17.8 Å². The average Bonchev–Trinajstić information content (AvgIpc) is 3.24. The van der Waals surface area contributed by atoms with E-state index >= 15 is 0 Å². The molecule has 0 saturated carbocycles. The maximum absolute atomic E-state index is 13.5. The predicted molar refractivity (Wildman–Crippen MR) is 127 cm³/mol. The third-order valence-corrected chi connectivity index (χ3v) is 6.43. The number of carbonyl (C=O) groups excluding carboxylic acids is 1. The van der Waals surface area contributed by atoms with Gasteiger partial charge in [-0.2, -0.15) is 5.10 Å². The maximum Gasteiger partial charge on any atom is 0.255 e. The van der Waals surface area contributed by atoms with Crippen molar-refractivity contribution in [2.24, 2.45) is 0 Å². The fourth-order valence-corrected chi connectivity index (χ4v) is 4.27. The highest BCUT2D eigenvalue weighted by molar-refractivity contribution is 6.06. The molecule has 1 unspecified atom stereocenters. The molecule has 1 atom stereocenters. The minimum absolute atomic E-state index is 0.0632. The molecule has 2 aromatic heterocycles. The molecule has 0 bridgehead atoms. The first kappa shape index (κ1) is 22.3. The molecule has 32 heavy (non-hydrogen) atoms. The van der Waals surface area contributed by atoms with E-state index in [2.05, 4.69) is 59.7 Å². The summed E-state index contributed by atoms with van der Waals surface area (Å²) < 4.78 is 7.37. The summed E-state index contributed by atoms with van der Waals surface area (Å²) in [6, 6.07) is 6.58. The van der Waals surface area contributed by atoms with Crippen molar-refractivity contribution in [3.63, 3.8) is 0 Å². The third-order valence-electron chi connectivity index (χ3n) is 6.43. The number of rotatable bonds is 7. The van der Waals surface area contributed by atoms with Crippen LogP contribution in [0.25, 0.3) is 11.0 Å². The summed E-state index contributed by atoms with van der Waals surface area (Å²) in [7, 11) is 0. The SMILES string of the molecule is CCC(NC(=O)c1cnc2c(cnn2CC)c1NC1CCOCC1)c1ccc(C)c(C)c1. The van der Waals surface area contributed by atoms with Crippen molar-refractivity contribution in [1.29, 1.82) is 0 Å². The molecule has 7 heteroatoms. The number of hydrogen-bond acceptors (Lipinski definition) is 5. The molecule has 2 N–H and O–H groups in total. The summed E-state index contributed by atoms with van der Waals surface area (Å²) in [4.78, 5) is 18.1. The lowest BCUT2D eigenvalue weighted by Gasteiger charge is -2.26. The summed E-state index contributed by atoms with van der Waals surface area (Å²) >= 11 is 0. The Balaban J connectivity index is 1.67. The molecule has 4 rings (SSSR count). The summed E-state index contributed by atoms with van der Waals surface area (Å²) in [6.45, 7) is 10.5. The molecular weight excluding hydrogens is 402 g/mol. The summed E-state index contributed by atoms with van der Waals surface area (Å²) in [5.41, 5.74) is 5.76. The average molecular weight is 436 g/mol. The Hall–Kier alpha value is -2.93. The van der Waals surface area contributed by atoms with E-state index in [0.717, 1.165) is 61.3 Å². The number of nitrogens with zero attached hydrogens (tertiary/aromatic N) is 3. The van der Waals surface area contributed by atoms with Crippen LogP contribution < -0.4 is 10.6 Å². The first-order valence-corrected chi connectivity index (χ1v) is 11.6. The number of hydrogen-bond donors (Lipinski definition) is 2. The monoisotopic (exact) mass is 435 g/mol. The Labute approximate surface area is 189 Å². The van der Waals surface area contributed by atoms with Gasteiger partial charge >= 0.3 is 0 Å². The Morgan fingerprint density at radius 3 is 2.66 bits per heavy atom. The van der Waals surface area contributed by atoms with Crippen LogP contribution in [0.2, 0.25) is 0 Å². The van der Waals surface area contributed by atoms with E-state index < -0.39 is 0 Å². The largest absolute Gasteiger partial charge is 0.381 e. The Morgan fingerprint density at radius 1 is 1.19 bits per heavy atom. The van der Waals surface area contributed by atoms with Crippen LogP contribution in [0.15, 0.2) is 30.6 Å². The van der Waals surface area contributed by atoms with Gasteiger partial charge in [0.15, 0.2) is 5.65 Å². The third kappa shape index (κ3) is 4.48. The van der Waals surface area contributed by atoms with Crippen molar-refractivity contribution in [2.45, 2.75) is 65.6 Å². The van der Waals surface area contributed by atoms with Gasteiger partial charge in [0.1, 0.15) is 0 Å². The van der Waals surface area contributed by atoms with Gasteiger partial charge in [-0.1, -0.05) is 25.1 Å². The minimum atomic E-state index is -0.122. The highest BCUT2D eigenvalue weighted by Crippen LogP contribution is 2.29. The Bertz CT molecular complexity index is 1100. The van der Waals surface area contributed by atoms with Crippen LogP contribution in [-0.4, -0.2) is 39.9 Å². The predicted octanol–water partition coefficient (Wildman–Crippen LogP) is 4.54. The van der Waals surface area contributed by atoms with E-state index in [0.29, 0.717) is 5.56 Å². The summed E-state index contributed by atoms with van der Waals surface area (Å²) in [5, 5.41) is 12.2. The number of pyridine rings is 1. The molecule has 0 spiro atoms. The number of carbonyl (C=O) groups is 1. The molecule has 1 aromatic carbocycles. The number of aromatic nitrogens is 3. The summed E-state index contributed by atoms with van der Waals surface area (Å²) in [5.74, 6) is -0.122. The van der Waals surface area contributed by atoms with Crippen molar-refractivity contribution >= 4 is 22.6 Å². The van der Waals surface area contributed by atoms with Gasteiger partial charge in [-0.25, -0.2) is 9.67 Å². The van der Waals surface area contributed by atoms with E-state index in [-0.39, 0.29) is 18.0 Å². The van der Waals surface area contributed by atoms with Gasteiger partial charge in [-0.3, -0.25) is 4.79 Å². The maximum atomic E-state index is 13.5. The quantitative estimate of drug-likeness (QED) is 0.569. The van der Waals surface area contributed by atoms with Crippen LogP contribution in [0.3, 0.4) is 0 Å². The first-order valence-electron chi connectivity index (χ1n) is 11.6. The molecule has 170 valence electrons. The van der Waals surface area contributed by atoms with Crippen LogP contribution in [0, 0.1) is 13.8 Å². The second kappa shape index (κ2) is 9.69. The Kier molecular flexibility index (Phi) is 6.74. The highest BCUT2D eigenvalue weighted by atomic mass is 16.5. The van der Waals surface area contributed by atoms with Crippen molar-refractivity contribution in [3.8, 4) is 0 Å². The molecule has 1 aliphatic rings. The van der Waals surface area contributed by atoms with Crippen LogP contribution in [0.5, 0.6) is 0 Å². The van der Waals surface area contributed by atoms with Gasteiger partial charge in [0.25, 0.3) is 5.91 Å². The zero-order valence-electron chi connectivity index (χ0n) is 19.4.